The first-order valence-electron chi connectivity index (χ1n) is 7.88. The highest BCUT2D eigenvalue weighted by Gasteiger charge is 2.29. The molecule has 0 heterocycles. The van der Waals surface area contributed by atoms with Crippen LogP contribution in [0, 0.1) is 5.92 Å². The first-order valence-corrected chi connectivity index (χ1v) is 7.88. The average Bonchev–Trinajstić information content (AvgIpc) is 2.34. The van der Waals surface area contributed by atoms with Crippen LogP contribution in [-0.2, 0) is 4.74 Å². The van der Waals surface area contributed by atoms with E-state index in [9.17, 15) is 4.79 Å². The number of amides is 1. The molecule has 0 spiro atoms. The topological polar surface area (TPSA) is 41.6 Å². The van der Waals surface area contributed by atoms with Crippen molar-refractivity contribution in [2.45, 2.75) is 78.0 Å². The number of hydrogen-bond donors (Lipinski definition) is 1. The van der Waals surface area contributed by atoms with Crippen LogP contribution < -0.4 is 5.32 Å². The fraction of sp³-hybridized carbons (Fsp3) is 0.938. The molecule has 1 rings (SSSR count). The highest BCUT2D eigenvalue weighted by atomic mass is 16.6. The number of nitrogens with zero attached hydrogens (tertiary/aromatic N) is 1. The van der Waals surface area contributed by atoms with Gasteiger partial charge in [0.25, 0.3) is 0 Å². The second-order valence-electron chi connectivity index (χ2n) is 7.40. The Balaban J connectivity index is 2.35. The standard InChI is InChI=1S/C16H32N2O2/c1-12(2)11-17-13-7-9-14(10-8-13)18(6)15(19)20-16(3,4)5/h12-14,17H,7-11H2,1-6H3. The summed E-state index contributed by atoms with van der Waals surface area (Å²) in [5, 5.41) is 3.61. The molecule has 1 saturated carbocycles. The minimum Gasteiger partial charge on any atom is -0.444 e. The second kappa shape index (κ2) is 7.30. The van der Waals surface area contributed by atoms with Crippen LogP contribution in [0.5, 0.6) is 0 Å². The number of hydrogen-bond acceptors (Lipinski definition) is 3. The van der Waals surface area contributed by atoms with Crippen LogP contribution >= 0.6 is 0 Å². The van der Waals surface area contributed by atoms with Crippen molar-refractivity contribution in [2.24, 2.45) is 5.92 Å². The lowest BCUT2D eigenvalue weighted by molar-refractivity contribution is 0.0179. The average molecular weight is 284 g/mol. The molecule has 1 N–H and O–H groups in total. The zero-order valence-electron chi connectivity index (χ0n) is 14.0. The van der Waals surface area contributed by atoms with Crippen LogP contribution in [0.4, 0.5) is 4.79 Å². The Morgan fingerprint density at radius 3 is 2.25 bits per heavy atom. The lowest BCUT2D eigenvalue weighted by atomic mass is 9.90. The van der Waals surface area contributed by atoms with Gasteiger partial charge >= 0.3 is 6.09 Å². The Morgan fingerprint density at radius 2 is 1.80 bits per heavy atom. The first-order chi connectivity index (χ1) is 9.19. The number of rotatable bonds is 4. The van der Waals surface area contributed by atoms with Gasteiger partial charge in [-0.05, 0) is 58.9 Å². The van der Waals surface area contributed by atoms with Crippen LogP contribution in [0.2, 0.25) is 0 Å². The molecule has 0 aliphatic heterocycles. The van der Waals surface area contributed by atoms with Gasteiger partial charge in [0.15, 0.2) is 0 Å². The molecule has 20 heavy (non-hydrogen) atoms. The second-order valence-corrected chi connectivity index (χ2v) is 7.40. The van der Waals surface area contributed by atoms with E-state index in [0.29, 0.717) is 18.0 Å². The van der Waals surface area contributed by atoms with E-state index in [2.05, 4.69) is 19.2 Å². The molecule has 0 aromatic rings. The molecule has 0 aromatic heterocycles. The lowest BCUT2D eigenvalue weighted by Gasteiger charge is -2.36. The number of ether oxygens (including phenoxy) is 1. The van der Waals surface area contributed by atoms with Gasteiger partial charge in [0.2, 0.25) is 0 Å². The summed E-state index contributed by atoms with van der Waals surface area (Å²) in [7, 11) is 1.86. The summed E-state index contributed by atoms with van der Waals surface area (Å²) in [6.45, 7) is 11.3. The monoisotopic (exact) mass is 284 g/mol. The highest BCUT2D eigenvalue weighted by Crippen LogP contribution is 2.24. The minimum absolute atomic E-state index is 0.198. The zero-order chi connectivity index (χ0) is 15.3. The van der Waals surface area contributed by atoms with Crippen molar-refractivity contribution in [1.29, 1.82) is 0 Å². The highest BCUT2D eigenvalue weighted by molar-refractivity contribution is 5.68. The summed E-state index contributed by atoms with van der Waals surface area (Å²) >= 11 is 0. The summed E-state index contributed by atoms with van der Waals surface area (Å²) in [6.07, 6.45) is 4.21. The number of nitrogens with one attached hydrogen (secondary N) is 1. The van der Waals surface area contributed by atoms with E-state index in [1.54, 1.807) is 4.90 Å². The lowest BCUT2D eigenvalue weighted by Crippen LogP contribution is -2.45. The first kappa shape index (κ1) is 17.3. The Kier molecular flexibility index (Phi) is 6.31. The molecule has 1 aliphatic rings. The van der Waals surface area contributed by atoms with E-state index in [0.717, 1.165) is 32.2 Å². The van der Waals surface area contributed by atoms with Gasteiger partial charge in [-0.15, -0.1) is 0 Å². The summed E-state index contributed by atoms with van der Waals surface area (Å²) in [5.74, 6) is 0.692. The molecule has 1 fully saturated rings. The summed E-state index contributed by atoms with van der Waals surface area (Å²) < 4.78 is 5.43. The van der Waals surface area contributed by atoms with E-state index < -0.39 is 5.60 Å². The molecule has 0 unspecified atom stereocenters. The summed E-state index contributed by atoms with van der Waals surface area (Å²) in [5.41, 5.74) is -0.415. The molecule has 0 radical (unpaired) electrons. The fourth-order valence-electron chi connectivity index (χ4n) is 2.55. The maximum absolute atomic E-state index is 12.0. The molecule has 0 atom stereocenters. The minimum atomic E-state index is -0.415. The molecule has 118 valence electrons. The summed E-state index contributed by atoms with van der Waals surface area (Å²) in [4.78, 5) is 13.8. The Labute approximate surface area is 124 Å². The molecule has 0 bridgehead atoms. The van der Waals surface area contributed by atoms with Crippen molar-refractivity contribution in [3.63, 3.8) is 0 Å². The van der Waals surface area contributed by atoms with Crippen molar-refractivity contribution in [2.75, 3.05) is 13.6 Å². The van der Waals surface area contributed by atoms with Crippen LogP contribution in [0.15, 0.2) is 0 Å². The maximum atomic E-state index is 12.0. The Bertz CT molecular complexity index is 302. The molecule has 1 aliphatic carbocycles. The van der Waals surface area contributed by atoms with Crippen molar-refractivity contribution in [3.05, 3.63) is 0 Å². The van der Waals surface area contributed by atoms with E-state index in [4.69, 9.17) is 4.74 Å². The normalized spacial score (nSPS) is 23.8. The SMILES string of the molecule is CC(C)CNC1CCC(N(C)C(=O)OC(C)(C)C)CC1. The van der Waals surface area contributed by atoms with Crippen LogP contribution in [0.25, 0.3) is 0 Å². The van der Waals surface area contributed by atoms with Gasteiger partial charge < -0.3 is 15.0 Å². The van der Waals surface area contributed by atoms with Crippen molar-refractivity contribution >= 4 is 6.09 Å². The van der Waals surface area contributed by atoms with Gasteiger partial charge in [-0.3, -0.25) is 0 Å². The van der Waals surface area contributed by atoms with Gasteiger partial charge in [-0.25, -0.2) is 4.79 Å². The molecule has 0 aromatic carbocycles. The smallest absolute Gasteiger partial charge is 0.410 e. The van der Waals surface area contributed by atoms with Crippen molar-refractivity contribution in [1.82, 2.24) is 10.2 Å². The number of carbonyl (C=O) groups is 1. The number of carbonyl (C=O) groups excluding carboxylic acids is 1. The van der Waals surface area contributed by atoms with Gasteiger partial charge in [0.1, 0.15) is 5.60 Å². The summed E-state index contributed by atoms with van der Waals surface area (Å²) in [6, 6.07) is 0.933. The molecular formula is C16H32N2O2. The molecule has 4 heteroatoms. The van der Waals surface area contributed by atoms with Gasteiger partial charge in [-0.2, -0.15) is 0 Å². The third-order valence-electron chi connectivity index (χ3n) is 3.74. The van der Waals surface area contributed by atoms with Crippen molar-refractivity contribution < 1.29 is 9.53 Å². The molecule has 1 amide bonds. The van der Waals surface area contributed by atoms with Crippen LogP contribution in [0.1, 0.15) is 60.3 Å². The van der Waals surface area contributed by atoms with Gasteiger partial charge in [0, 0.05) is 19.1 Å². The predicted octanol–water partition coefficient (Wildman–Crippen LogP) is 3.41. The van der Waals surface area contributed by atoms with E-state index >= 15 is 0 Å². The molecule has 0 saturated heterocycles. The van der Waals surface area contributed by atoms with E-state index in [1.807, 2.05) is 27.8 Å². The Hall–Kier alpha value is -0.770. The van der Waals surface area contributed by atoms with Crippen LogP contribution in [-0.4, -0.2) is 42.3 Å². The van der Waals surface area contributed by atoms with Crippen LogP contribution in [0.3, 0.4) is 0 Å². The Morgan fingerprint density at radius 1 is 1.25 bits per heavy atom. The fourth-order valence-corrected chi connectivity index (χ4v) is 2.55. The van der Waals surface area contributed by atoms with E-state index in [-0.39, 0.29) is 6.09 Å². The quantitative estimate of drug-likeness (QED) is 0.860. The molecule has 4 nitrogen and oxygen atoms in total. The maximum Gasteiger partial charge on any atom is 0.410 e. The van der Waals surface area contributed by atoms with E-state index in [1.165, 1.54) is 0 Å². The van der Waals surface area contributed by atoms with Gasteiger partial charge in [-0.1, -0.05) is 13.8 Å². The zero-order valence-corrected chi connectivity index (χ0v) is 14.0. The third kappa shape index (κ3) is 6.12. The molecular weight excluding hydrogens is 252 g/mol. The third-order valence-corrected chi connectivity index (χ3v) is 3.74. The largest absolute Gasteiger partial charge is 0.444 e. The van der Waals surface area contributed by atoms with Crippen molar-refractivity contribution in [3.8, 4) is 0 Å². The van der Waals surface area contributed by atoms with Gasteiger partial charge in [0.05, 0.1) is 0 Å². The predicted molar refractivity (Wildman–Crippen MR) is 82.9 cm³/mol.